The summed E-state index contributed by atoms with van der Waals surface area (Å²) in [4.78, 5) is 16.7. The lowest BCUT2D eigenvalue weighted by molar-refractivity contribution is -0.139. The molecule has 116 valence electrons. The highest BCUT2D eigenvalue weighted by atomic mass is 16.2. The van der Waals surface area contributed by atoms with Crippen molar-refractivity contribution in [2.45, 2.75) is 53.4 Å². The molecule has 20 heavy (non-hydrogen) atoms. The predicted octanol–water partition coefficient (Wildman–Crippen LogP) is 3.00. The van der Waals surface area contributed by atoms with Gasteiger partial charge in [-0.25, -0.2) is 0 Å². The van der Waals surface area contributed by atoms with Crippen LogP contribution < -0.4 is 0 Å². The summed E-state index contributed by atoms with van der Waals surface area (Å²) in [5, 5.41) is 0. The number of hydrogen-bond acceptors (Lipinski definition) is 2. The number of carbonyl (C=O) groups is 1. The summed E-state index contributed by atoms with van der Waals surface area (Å²) in [5.74, 6) is 1.35. The normalized spacial score (nSPS) is 23.9. The Hall–Kier alpha value is -0.570. The van der Waals surface area contributed by atoms with Gasteiger partial charge in [-0.3, -0.25) is 4.79 Å². The molecule has 3 nitrogen and oxygen atoms in total. The van der Waals surface area contributed by atoms with Gasteiger partial charge in [0.05, 0.1) is 0 Å². The maximum absolute atomic E-state index is 12.0. The molecule has 1 unspecified atom stereocenters. The molecule has 0 aliphatic carbocycles. The van der Waals surface area contributed by atoms with Crippen molar-refractivity contribution < 1.29 is 4.79 Å². The Morgan fingerprint density at radius 3 is 2.25 bits per heavy atom. The highest BCUT2D eigenvalue weighted by molar-refractivity contribution is 5.78. The quantitative estimate of drug-likeness (QED) is 0.773. The number of piperidine rings is 1. The van der Waals surface area contributed by atoms with Crippen LogP contribution in [-0.2, 0) is 4.79 Å². The summed E-state index contributed by atoms with van der Waals surface area (Å²) in [6, 6.07) is 0. The van der Waals surface area contributed by atoms with E-state index < -0.39 is 0 Å². The fraction of sp³-hybridized carbons (Fsp3) is 0.941. The van der Waals surface area contributed by atoms with Crippen LogP contribution in [0, 0.1) is 17.3 Å². The zero-order valence-corrected chi connectivity index (χ0v) is 13.8. The Bertz CT molecular complexity index is 324. The van der Waals surface area contributed by atoms with Crippen LogP contribution in [0.5, 0.6) is 0 Å². The zero-order chi connectivity index (χ0) is 14.8. The van der Waals surface area contributed by atoms with Crippen molar-refractivity contribution in [3.8, 4) is 0 Å². The highest BCUT2D eigenvalue weighted by Gasteiger charge is 2.45. The molecular weight excluding hydrogens is 248 g/mol. The molecule has 0 aromatic heterocycles. The van der Waals surface area contributed by atoms with Crippen molar-refractivity contribution in [1.29, 1.82) is 0 Å². The van der Waals surface area contributed by atoms with Gasteiger partial charge in [0.2, 0.25) is 5.91 Å². The number of likely N-dealkylation sites (tertiary alicyclic amines) is 2. The second-order valence-electron chi connectivity index (χ2n) is 7.49. The third kappa shape index (κ3) is 3.55. The molecule has 0 aromatic rings. The van der Waals surface area contributed by atoms with Crippen LogP contribution in [0.15, 0.2) is 0 Å². The van der Waals surface area contributed by atoms with Crippen molar-refractivity contribution in [2.75, 3.05) is 32.7 Å². The minimum Gasteiger partial charge on any atom is -0.342 e. The molecular formula is C17H32N2O. The van der Waals surface area contributed by atoms with E-state index in [4.69, 9.17) is 0 Å². The molecule has 0 radical (unpaired) electrons. The summed E-state index contributed by atoms with van der Waals surface area (Å²) < 4.78 is 0. The molecule has 3 heteroatoms. The zero-order valence-electron chi connectivity index (χ0n) is 13.8. The van der Waals surface area contributed by atoms with Crippen molar-refractivity contribution in [3.63, 3.8) is 0 Å². The van der Waals surface area contributed by atoms with Crippen LogP contribution in [0.4, 0.5) is 0 Å². The largest absolute Gasteiger partial charge is 0.342 e. The van der Waals surface area contributed by atoms with Gasteiger partial charge in [-0.15, -0.1) is 0 Å². The maximum Gasteiger partial charge on any atom is 0.225 e. The molecule has 1 amide bonds. The van der Waals surface area contributed by atoms with Crippen LogP contribution in [-0.4, -0.2) is 48.4 Å². The van der Waals surface area contributed by atoms with Crippen LogP contribution in [0.1, 0.15) is 53.4 Å². The fourth-order valence-electron chi connectivity index (χ4n) is 3.55. The Balaban J connectivity index is 1.69. The predicted molar refractivity (Wildman–Crippen MR) is 83.6 cm³/mol. The minimum atomic E-state index is 0.150. The first-order chi connectivity index (χ1) is 9.46. The summed E-state index contributed by atoms with van der Waals surface area (Å²) in [5.41, 5.74) is 0.545. The highest BCUT2D eigenvalue weighted by Crippen LogP contribution is 2.40. The van der Waals surface area contributed by atoms with Gasteiger partial charge in [0.15, 0.2) is 0 Å². The van der Waals surface area contributed by atoms with Gasteiger partial charge >= 0.3 is 0 Å². The molecule has 2 rings (SSSR count). The molecule has 1 atom stereocenters. The third-order valence-corrected chi connectivity index (χ3v) is 5.38. The second-order valence-corrected chi connectivity index (χ2v) is 7.49. The SMILES string of the molecule is CCC(C)CCN1CC2(CCN(C(=O)C(C)C)CC2)C1. The number of carbonyl (C=O) groups excluding carboxylic acids is 1. The Morgan fingerprint density at radius 2 is 1.75 bits per heavy atom. The fourth-order valence-corrected chi connectivity index (χ4v) is 3.55. The van der Waals surface area contributed by atoms with Crippen molar-refractivity contribution in [2.24, 2.45) is 17.3 Å². The van der Waals surface area contributed by atoms with E-state index in [1.807, 2.05) is 13.8 Å². The number of nitrogens with zero attached hydrogens (tertiary/aromatic N) is 2. The standard InChI is InChI=1S/C17H32N2O/c1-5-15(4)6-9-18-12-17(13-18)7-10-19(11-8-17)16(20)14(2)3/h14-15H,5-13H2,1-4H3. The maximum atomic E-state index is 12.0. The Morgan fingerprint density at radius 1 is 1.15 bits per heavy atom. The van der Waals surface area contributed by atoms with Crippen LogP contribution in [0.2, 0.25) is 0 Å². The number of hydrogen-bond donors (Lipinski definition) is 0. The molecule has 1 spiro atoms. The molecule has 0 aromatic carbocycles. The van der Waals surface area contributed by atoms with Crippen molar-refractivity contribution in [1.82, 2.24) is 9.80 Å². The first-order valence-electron chi connectivity index (χ1n) is 8.47. The minimum absolute atomic E-state index is 0.150. The average Bonchev–Trinajstić information content (AvgIpc) is 2.42. The van der Waals surface area contributed by atoms with Crippen molar-refractivity contribution >= 4 is 5.91 Å². The van der Waals surface area contributed by atoms with Gasteiger partial charge in [0.1, 0.15) is 0 Å². The smallest absolute Gasteiger partial charge is 0.225 e. The summed E-state index contributed by atoms with van der Waals surface area (Å²) in [7, 11) is 0. The second kappa shape index (κ2) is 6.46. The lowest BCUT2D eigenvalue weighted by atomic mass is 9.71. The molecule has 0 saturated carbocycles. The first-order valence-corrected chi connectivity index (χ1v) is 8.47. The first kappa shape index (κ1) is 15.8. The molecule has 0 N–H and O–H groups in total. The van der Waals surface area contributed by atoms with E-state index in [0.29, 0.717) is 11.3 Å². The van der Waals surface area contributed by atoms with Crippen LogP contribution >= 0.6 is 0 Å². The molecule has 2 aliphatic heterocycles. The van der Waals surface area contributed by atoms with Crippen LogP contribution in [0.3, 0.4) is 0 Å². The van der Waals surface area contributed by atoms with E-state index in [0.717, 1.165) is 19.0 Å². The van der Waals surface area contributed by atoms with E-state index >= 15 is 0 Å². The van der Waals surface area contributed by atoms with Crippen LogP contribution in [0.25, 0.3) is 0 Å². The molecule has 0 bridgehead atoms. The van der Waals surface area contributed by atoms with E-state index in [9.17, 15) is 4.79 Å². The summed E-state index contributed by atoms with van der Waals surface area (Å²) >= 11 is 0. The van der Waals surface area contributed by atoms with E-state index in [-0.39, 0.29) is 5.92 Å². The molecule has 2 saturated heterocycles. The van der Waals surface area contributed by atoms with Gasteiger partial charge in [-0.05, 0) is 37.1 Å². The lowest BCUT2D eigenvalue weighted by Gasteiger charge is -2.54. The van der Waals surface area contributed by atoms with Gasteiger partial charge in [-0.1, -0.05) is 34.1 Å². The Kier molecular flexibility index (Phi) is 5.11. The molecule has 2 heterocycles. The van der Waals surface area contributed by atoms with Gasteiger partial charge < -0.3 is 9.80 Å². The summed E-state index contributed by atoms with van der Waals surface area (Å²) in [6.45, 7) is 14.4. The number of rotatable bonds is 5. The molecule has 2 aliphatic rings. The summed E-state index contributed by atoms with van der Waals surface area (Å²) in [6.07, 6.45) is 5.06. The lowest BCUT2D eigenvalue weighted by Crippen LogP contribution is -2.61. The average molecular weight is 280 g/mol. The Labute approximate surface area is 124 Å². The third-order valence-electron chi connectivity index (χ3n) is 5.38. The van der Waals surface area contributed by atoms with E-state index in [1.54, 1.807) is 0 Å². The van der Waals surface area contributed by atoms with E-state index in [2.05, 4.69) is 23.6 Å². The van der Waals surface area contributed by atoms with Gasteiger partial charge in [0, 0.05) is 32.1 Å². The van der Waals surface area contributed by atoms with Gasteiger partial charge in [-0.2, -0.15) is 0 Å². The number of amides is 1. The topological polar surface area (TPSA) is 23.6 Å². The van der Waals surface area contributed by atoms with Crippen molar-refractivity contribution in [3.05, 3.63) is 0 Å². The monoisotopic (exact) mass is 280 g/mol. The molecule has 2 fully saturated rings. The van der Waals surface area contributed by atoms with Gasteiger partial charge in [0.25, 0.3) is 0 Å². The van der Waals surface area contributed by atoms with E-state index in [1.165, 1.54) is 45.3 Å².